The Balaban J connectivity index is 2.04. The third-order valence-electron chi connectivity index (χ3n) is 3.82. The van der Waals surface area contributed by atoms with Gasteiger partial charge in [-0.1, -0.05) is 23.8 Å². The molecule has 0 spiro atoms. The van der Waals surface area contributed by atoms with Gasteiger partial charge in [0.05, 0.1) is 0 Å². The second-order valence-electron chi connectivity index (χ2n) is 5.34. The van der Waals surface area contributed by atoms with Crippen molar-refractivity contribution in [2.24, 2.45) is 5.92 Å². The Morgan fingerprint density at radius 1 is 1.33 bits per heavy atom. The normalized spacial score (nSPS) is 25.4. The summed E-state index contributed by atoms with van der Waals surface area (Å²) in [5.41, 5.74) is 4.78. The summed E-state index contributed by atoms with van der Waals surface area (Å²) >= 11 is 0. The lowest BCUT2D eigenvalue weighted by atomic mass is 9.94. The van der Waals surface area contributed by atoms with Crippen LogP contribution in [0.1, 0.15) is 20.3 Å². The zero-order chi connectivity index (χ0) is 13.0. The minimum Gasteiger partial charge on any atom is -0.315 e. The van der Waals surface area contributed by atoms with Gasteiger partial charge in [-0.2, -0.15) is 0 Å². The lowest BCUT2D eigenvalue weighted by molar-refractivity contribution is 0.220. The highest BCUT2D eigenvalue weighted by Crippen LogP contribution is 2.22. The molecule has 0 bridgehead atoms. The van der Waals surface area contributed by atoms with Crippen molar-refractivity contribution in [1.82, 2.24) is 15.3 Å². The first-order chi connectivity index (χ1) is 8.70. The zero-order valence-electron chi connectivity index (χ0n) is 11.8. The van der Waals surface area contributed by atoms with Gasteiger partial charge in [0.15, 0.2) is 0 Å². The molecule has 1 unspecified atom stereocenters. The molecule has 1 N–H and O–H groups in total. The second-order valence-corrected chi connectivity index (χ2v) is 5.34. The Kier molecular flexibility index (Phi) is 4.61. The van der Waals surface area contributed by atoms with E-state index in [0.717, 1.165) is 13.1 Å². The summed E-state index contributed by atoms with van der Waals surface area (Å²) < 4.78 is 0. The summed E-state index contributed by atoms with van der Waals surface area (Å²) in [5, 5.41) is 2.15. The quantitative estimate of drug-likeness (QED) is 0.771. The molecule has 2 aliphatic rings. The van der Waals surface area contributed by atoms with Crippen LogP contribution in [0.15, 0.2) is 36.1 Å². The molecule has 0 amide bonds. The van der Waals surface area contributed by atoms with Gasteiger partial charge in [0.25, 0.3) is 0 Å². The van der Waals surface area contributed by atoms with Crippen LogP contribution in [0, 0.1) is 5.92 Å². The molecule has 0 saturated heterocycles. The molecule has 2 aliphatic heterocycles. The Bertz CT molecular complexity index is 355. The highest BCUT2D eigenvalue weighted by Gasteiger charge is 2.21. The zero-order valence-corrected chi connectivity index (χ0v) is 11.8. The van der Waals surface area contributed by atoms with Gasteiger partial charge in [-0.05, 0) is 26.3 Å². The Hall–Kier alpha value is -1.06. The molecule has 3 nitrogen and oxygen atoms in total. The fraction of sp³-hybridized carbons (Fsp3) is 0.600. The number of rotatable bonds is 3. The van der Waals surface area contributed by atoms with E-state index < -0.39 is 0 Å². The van der Waals surface area contributed by atoms with Crippen molar-refractivity contribution < 1.29 is 0 Å². The first kappa shape index (κ1) is 13.4. The summed E-state index contributed by atoms with van der Waals surface area (Å²) in [5.74, 6) is 0.522. The van der Waals surface area contributed by atoms with Gasteiger partial charge in [-0.15, -0.1) is 0 Å². The molecule has 0 fully saturated rings. The predicted molar refractivity (Wildman–Crippen MR) is 76.9 cm³/mol. The molecule has 2 heterocycles. The van der Waals surface area contributed by atoms with Crippen LogP contribution in [0.5, 0.6) is 0 Å². The fourth-order valence-electron chi connectivity index (χ4n) is 2.60. The topological polar surface area (TPSA) is 18.5 Å². The van der Waals surface area contributed by atoms with E-state index in [2.05, 4.69) is 59.7 Å². The maximum absolute atomic E-state index is 3.21. The first-order valence-electron chi connectivity index (χ1n) is 6.92. The summed E-state index contributed by atoms with van der Waals surface area (Å²) in [4.78, 5) is 2.56. The van der Waals surface area contributed by atoms with Crippen molar-refractivity contribution in [1.29, 1.82) is 0 Å². The Morgan fingerprint density at radius 3 is 2.89 bits per heavy atom. The molecule has 18 heavy (non-hydrogen) atoms. The van der Waals surface area contributed by atoms with E-state index in [0.29, 0.717) is 12.0 Å². The van der Waals surface area contributed by atoms with Crippen LogP contribution in [0.4, 0.5) is 0 Å². The molecule has 0 radical (unpaired) electrons. The molecule has 0 saturated carbocycles. The van der Waals surface area contributed by atoms with Gasteiger partial charge in [0, 0.05) is 44.8 Å². The Labute approximate surface area is 111 Å². The molecule has 0 aromatic rings. The van der Waals surface area contributed by atoms with Gasteiger partial charge in [-0.25, -0.2) is 5.43 Å². The number of allylic oxidation sites excluding steroid dienone is 2. The maximum Gasteiger partial charge on any atom is 0.0438 e. The Morgan fingerprint density at radius 2 is 2.17 bits per heavy atom. The first-order valence-corrected chi connectivity index (χ1v) is 6.92. The van der Waals surface area contributed by atoms with Crippen molar-refractivity contribution in [3.8, 4) is 0 Å². The minimum atomic E-state index is 0.522. The van der Waals surface area contributed by atoms with Crippen molar-refractivity contribution in [3.05, 3.63) is 36.1 Å². The van der Waals surface area contributed by atoms with E-state index in [1.54, 1.807) is 5.57 Å². The van der Waals surface area contributed by atoms with Gasteiger partial charge in [0.1, 0.15) is 0 Å². The van der Waals surface area contributed by atoms with Crippen LogP contribution in [0.25, 0.3) is 0 Å². The summed E-state index contributed by atoms with van der Waals surface area (Å²) in [6.07, 6.45) is 12.3. The van der Waals surface area contributed by atoms with Crippen molar-refractivity contribution >= 4 is 0 Å². The second kappa shape index (κ2) is 6.21. The summed E-state index contributed by atoms with van der Waals surface area (Å²) in [6, 6.07) is 0.641. The summed E-state index contributed by atoms with van der Waals surface area (Å²) in [6.45, 7) is 7.90. The highest BCUT2D eigenvalue weighted by molar-refractivity contribution is 5.22. The van der Waals surface area contributed by atoms with Crippen molar-refractivity contribution in [2.75, 3.05) is 26.7 Å². The van der Waals surface area contributed by atoms with Crippen LogP contribution in [0.2, 0.25) is 0 Å². The molecule has 100 valence electrons. The minimum absolute atomic E-state index is 0.522. The number of nitrogens with one attached hydrogen (secondary N) is 1. The number of hydrogen-bond donors (Lipinski definition) is 1. The number of nitrogens with zero attached hydrogens (tertiary/aromatic N) is 2. The average Bonchev–Trinajstić information content (AvgIpc) is 2.64. The van der Waals surface area contributed by atoms with Gasteiger partial charge < -0.3 is 5.01 Å². The number of hydrogen-bond acceptors (Lipinski definition) is 3. The standard InChI is InChI=1S/C15H25N3/c1-13(2)17-9-6-8-14(11-17)15-7-4-5-10-18(12-15)16-3/h4-5,7-8,10,13,15-16H,6,9,11-12H2,1-3H3. The van der Waals surface area contributed by atoms with Gasteiger partial charge >= 0.3 is 0 Å². The molecule has 0 aromatic heterocycles. The third kappa shape index (κ3) is 3.24. The van der Waals surface area contributed by atoms with E-state index in [9.17, 15) is 0 Å². The van der Waals surface area contributed by atoms with Gasteiger partial charge in [0.2, 0.25) is 0 Å². The van der Waals surface area contributed by atoms with Crippen LogP contribution < -0.4 is 5.43 Å². The van der Waals surface area contributed by atoms with Crippen molar-refractivity contribution in [2.45, 2.75) is 26.3 Å². The molecule has 0 aromatic carbocycles. The smallest absolute Gasteiger partial charge is 0.0438 e. The molecule has 3 heteroatoms. The molecule has 0 aliphatic carbocycles. The average molecular weight is 247 g/mol. The summed E-state index contributed by atoms with van der Waals surface area (Å²) in [7, 11) is 1.97. The van der Waals surface area contributed by atoms with E-state index in [-0.39, 0.29) is 0 Å². The van der Waals surface area contributed by atoms with E-state index in [1.165, 1.54) is 13.0 Å². The lowest BCUT2D eigenvalue weighted by Gasteiger charge is -2.34. The van der Waals surface area contributed by atoms with E-state index >= 15 is 0 Å². The van der Waals surface area contributed by atoms with Gasteiger partial charge in [-0.3, -0.25) is 4.90 Å². The number of hydrazine groups is 1. The van der Waals surface area contributed by atoms with Crippen molar-refractivity contribution in [3.63, 3.8) is 0 Å². The molecular weight excluding hydrogens is 222 g/mol. The van der Waals surface area contributed by atoms with Crippen LogP contribution in [0.3, 0.4) is 0 Å². The SMILES string of the molecule is CNN1C=CC=CC(C2=CCCN(C(C)C)C2)C1. The molecule has 1 atom stereocenters. The fourth-order valence-corrected chi connectivity index (χ4v) is 2.60. The lowest BCUT2D eigenvalue weighted by Crippen LogP contribution is -2.40. The monoisotopic (exact) mass is 247 g/mol. The molecular formula is C15H25N3. The van der Waals surface area contributed by atoms with Crippen LogP contribution in [-0.2, 0) is 0 Å². The van der Waals surface area contributed by atoms with E-state index in [1.807, 2.05) is 7.05 Å². The van der Waals surface area contributed by atoms with Crippen LogP contribution in [-0.4, -0.2) is 42.6 Å². The van der Waals surface area contributed by atoms with E-state index in [4.69, 9.17) is 0 Å². The van der Waals surface area contributed by atoms with Crippen LogP contribution >= 0.6 is 0 Å². The maximum atomic E-state index is 3.21. The largest absolute Gasteiger partial charge is 0.315 e. The predicted octanol–water partition coefficient (Wildman–Crippen LogP) is 2.16. The molecule has 2 rings (SSSR count). The third-order valence-corrected chi connectivity index (χ3v) is 3.82. The highest BCUT2D eigenvalue weighted by atomic mass is 15.5.